The summed E-state index contributed by atoms with van der Waals surface area (Å²) in [5.41, 5.74) is 1.03. The van der Waals surface area contributed by atoms with Gasteiger partial charge in [0.05, 0.1) is 16.8 Å². The molecular formula is C20H26O3S2. The maximum absolute atomic E-state index is 13.0. The molecule has 2 aromatic carbocycles. The zero-order chi connectivity index (χ0) is 18.1. The van der Waals surface area contributed by atoms with Gasteiger partial charge in [-0.15, -0.1) is 0 Å². The summed E-state index contributed by atoms with van der Waals surface area (Å²) >= 11 is 4.25. The summed E-state index contributed by atoms with van der Waals surface area (Å²) in [7, 11) is -3.41. The zero-order valence-corrected chi connectivity index (χ0v) is 16.3. The van der Waals surface area contributed by atoms with Gasteiger partial charge in [-0.2, -0.15) is 12.6 Å². The first kappa shape index (κ1) is 19.9. The Morgan fingerprint density at radius 3 is 2.32 bits per heavy atom. The van der Waals surface area contributed by atoms with Gasteiger partial charge >= 0.3 is 0 Å². The number of hydrogen-bond acceptors (Lipinski definition) is 4. The fourth-order valence-electron chi connectivity index (χ4n) is 2.64. The van der Waals surface area contributed by atoms with Crippen LogP contribution in [0.3, 0.4) is 0 Å². The van der Waals surface area contributed by atoms with Crippen LogP contribution in [-0.2, 0) is 16.3 Å². The standard InChI is InChI=1S/C20H26O3S2/c1-2-3-14-23-18-9-11-19(12-10-18)25(21,22)20(13-15-24)16-17-7-5-4-6-8-17/h4-12,20,24H,2-3,13-16H2,1H3. The fourth-order valence-corrected chi connectivity index (χ4v) is 4.87. The number of hydrogen-bond donors (Lipinski definition) is 1. The van der Waals surface area contributed by atoms with Crippen LogP contribution in [-0.4, -0.2) is 26.0 Å². The molecule has 0 aliphatic heterocycles. The predicted octanol–water partition coefficient (Wildman–Crippen LogP) is 4.57. The van der Waals surface area contributed by atoms with E-state index in [0.717, 1.165) is 18.4 Å². The van der Waals surface area contributed by atoms with Crippen LogP contribution in [0.5, 0.6) is 5.75 Å². The monoisotopic (exact) mass is 378 g/mol. The molecule has 5 heteroatoms. The molecule has 3 nitrogen and oxygen atoms in total. The molecule has 0 heterocycles. The van der Waals surface area contributed by atoms with Gasteiger partial charge in [0.1, 0.15) is 5.75 Å². The van der Waals surface area contributed by atoms with E-state index in [1.54, 1.807) is 24.3 Å². The second-order valence-corrected chi connectivity index (χ2v) is 8.72. The van der Waals surface area contributed by atoms with E-state index in [1.807, 2.05) is 30.3 Å². The van der Waals surface area contributed by atoms with Crippen LogP contribution in [0.2, 0.25) is 0 Å². The first-order chi connectivity index (χ1) is 12.1. The highest BCUT2D eigenvalue weighted by molar-refractivity contribution is 7.92. The summed E-state index contributed by atoms with van der Waals surface area (Å²) in [6.45, 7) is 2.76. The van der Waals surface area contributed by atoms with Crippen molar-refractivity contribution in [1.82, 2.24) is 0 Å². The third-order valence-corrected chi connectivity index (χ3v) is 6.58. The lowest BCUT2D eigenvalue weighted by molar-refractivity contribution is 0.309. The van der Waals surface area contributed by atoms with Crippen LogP contribution >= 0.6 is 12.6 Å². The van der Waals surface area contributed by atoms with Crippen LogP contribution in [0.25, 0.3) is 0 Å². The number of ether oxygens (including phenoxy) is 1. The average molecular weight is 379 g/mol. The van der Waals surface area contributed by atoms with E-state index >= 15 is 0 Å². The molecule has 0 aliphatic carbocycles. The van der Waals surface area contributed by atoms with E-state index < -0.39 is 15.1 Å². The van der Waals surface area contributed by atoms with Crippen molar-refractivity contribution in [2.75, 3.05) is 12.4 Å². The molecule has 136 valence electrons. The Bertz CT molecular complexity index is 725. The molecule has 0 saturated heterocycles. The van der Waals surface area contributed by atoms with Gasteiger partial charge in [-0.1, -0.05) is 43.7 Å². The van der Waals surface area contributed by atoms with Crippen LogP contribution in [0.1, 0.15) is 31.7 Å². The maximum Gasteiger partial charge on any atom is 0.181 e. The molecule has 1 unspecified atom stereocenters. The topological polar surface area (TPSA) is 43.4 Å². The molecule has 0 aromatic heterocycles. The Kier molecular flexibility index (Phi) is 7.85. The molecule has 0 radical (unpaired) electrons. The van der Waals surface area contributed by atoms with Crippen LogP contribution in [0.15, 0.2) is 59.5 Å². The van der Waals surface area contributed by atoms with Crippen LogP contribution in [0.4, 0.5) is 0 Å². The average Bonchev–Trinajstić information content (AvgIpc) is 2.63. The van der Waals surface area contributed by atoms with E-state index in [9.17, 15) is 8.42 Å². The van der Waals surface area contributed by atoms with Crippen molar-refractivity contribution in [3.05, 3.63) is 60.2 Å². The van der Waals surface area contributed by atoms with Crippen LogP contribution < -0.4 is 4.74 Å². The maximum atomic E-state index is 13.0. The Morgan fingerprint density at radius 1 is 1.04 bits per heavy atom. The van der Waals surface area contributed by atoms with Crippen molar-refractivity contribution in [2.45, 2.75) is 42.8 Å². The molecule has 0 spiro atoms. The Balaban J connectivity index is 2.15. The lowest BCUT2D eigenvalue weighted by atomic mass is 10.1. The summed E-state index contributed by atoms with van der Waals surface area (Å²) in [5, 5.41) is -0.473. The number of unbranched alkanes of at least 4 members (excludes halogenated alkanes) is 1. The van der Waals surface area contributed by atoms with Crippen molar-refractivity contribution in [1.29, 1.82) is 0 Å². The van der Waals surface area contributed by atoms with Gasteiger partial charge in [-0.05, 0) is 54.8 Å². The molecule has 0 fully saturated rings. The van der Waals surface area contributed by atoms with Crippen LogP contribution in [0, 0.1) is 0 Å². The van der Waals surface area contributed by atoms with Gasteiger partial charge in [0.15, 0.2) is 9.84 Å². The number of sulfone groups is 1. The van der Waals surface area contributed by atoms with Crippen molar-refractivity contribution in [3.8, 4) is 5.75 Å². The Labute approximate surface area is 156 Å². The van der Waals surface area contributed by atoms with E-state index in [4.69, 9.17) is 4.74 Å². The van der Waals surface area contributed by atoms with Gasteiger partial charge in [0.25, 0.3) is 0 Å². The lowest BCUT2D eigenvalue weighted by Gasteiger charge is -2.17. The van der Waals surface area contributed by atoms with E-state index in [1.165, 1.54) is 0 Å². The highest BCUT2D eigenvalue weighted by Gasteiger charge is 2.27. The van der Waals surface area contributed by atoms with E-state index in [-0.39, 0.29) is 0 Å². The number of rotatable bonds is 10. The molecule has 0 bridgehead atoms. The third kappa shape index (κ3) is 5.79. The number of thiol groups is 1. The second-order valence-electron chi connectivity index (χ2n) is 6.04. The van der Waals surface area contributed by atoms with Gasteiger partial charge in [0.2, 0.25) is 0 Å². The van der Waals surface area contributed by atoms with Gasteiger partial charge in [-0.3, -0.25) is 0 Å². The molecule has 0 amide bonds. The summed E-state index contributed by atoms with van der Waals surface area (Å²) in [4.78, 5) is 0.345. The number of benzene rings is 2. The quantitative estimate of drug-likeness (QED) is 0.486. The second kappa shape index (κ2) is 9.88. The SMILES string of the molecule is CCCCOc1ccc(S(=O)(=O)C(CCS)Cc2ccccc2)cc1. The summed E-state index contributed by atoms with van der Waals surface area (Å²) < 4.78 is 31.7. The minimum atomic E-state index is -3.41. The first-order valence-corrected chi connectivity index (χ1v) is 10.9. The Hall–Kier alpha value is -1.46. The van der Waals surface area contributed by atoms with Crippen molar-refractivity contribution >= 4 is 22.5 Å². The lowest BCUT2D eigenvalue weighted by Crippen LogP contribution is -2.24. The molecule has 25 heavy (non-hydrogen) atoms. The molecule has 1 atom stereocenters. The van der Waals surface area contributed by atoms with E-state index in [0.29, 0.717) is 35.8 Å². The first-order valence-electron chi connectivity index (χ1n) is 8.69. The summed E-state index contributed by atoms with van der Waals surface area (Å²) in [6, 6.07) is 16.5. The normalized spacial score (nSPS) is 12.7. The highest BCUT2D eigenvalue weighted by Crippen LogP contribution is 2.24. The third-order valence-electron chi connectivity index (χ3n) is 4.11. The highest BCUT2D eigenvalue weighted by atomic mass is 32.2. The molecule has 0 aliphatic rings. The van der Waals surface area contributed by atoms with Gasteiger partial charge in [0, 0.05) is 0 Å². The minimum Gasteiger partial charge on any atom is -0.494 e. The van der Waals surface area contributed by atoms with Crippen molar-refractivity contribution < 1.29 is 13.2 Å². The van der Waals surface area contributed by atoms with Crippen molar-refractivity contribution in [3.63, 3.8) is 0 Å². The summed E-state index contributed by atoms with van der Waals surface area (Å²) in [6.07, 6.45) is 3.08. The molecule has 0 N–H and O–H groups in total. The fraction of sp³-hybridized carbons (Fsp3) is 0.400. The Morgan fingerprint density at radius 2 is 1.72 bits per heavy atom. The molecule has 2 rings (SSSR count). The largest absolute Gasteiger partial charge is 0.494 e. The smallest absolute Gasteiger partial charge is 0.181 e. The minimum absolute atomic E-state index is 0.345. The van der Waals surface area contributed by atoms with Crippen molar-refractivity contribution in [2.24, 2.45) is 0 Å². The van der Waals surface area contributed by atoms with Gasteiger partial charge in [-0.25, -0.2) is 8.42 Å². The van der Waals surface area contributed by atoms with E-state index in [2.05, 4.69) is 19.6 Å². The summed E-state index contributed by atoms with van der Waals surface area (Å²) in [5.74, 6) is 1.25. The predicted molar refractivity (Wildman–Crippen MR) is 106 cm³/mol. The van der Waals surface area contributed by atoms with Gasteiger partial charge < -0.3 is 4.74 Å². The molecule has 0 saturated carbocycles. The molecule has 2 aromatic rings. The molecular weight excluding hydrogens is 352 g/mol. The zero-order valence-electron chi connectivity index (χ0n) is 14.6.